The average Bonchev–Trinajstić information content (AvgIpc) is 2.46. The Hall–Kier alpha value is -2.21. The van der Waals surface area contributed by atoms with Gasteiger partial charge >= 0.3 is 0 Å². The van der Waals surface area contributed by atoms with Crippen LogP contribution < -0.4 is 5.32 Å². The van der Waals surface area contributed by atoms with Gasteiger partial charge in [0.1, 0.15) is 11.4 Å². The van der Waals surface area contributed by atoms with Gasteiger partial charge < -0.3 is 10.4 Å². The number of nitro benzene ring substituents is 1. The normalized spacial score (nSPS) is 10.2. The average molecular weight is 290 g/mol. The summed E-state index contributed by atoms with van der Waals surface area (Å²) in [6.45, 7) is 0. The number of hydrogen-bond acceptors (Lipinski definition) is 5. The van der Waals surface area contributed by atoms with Gasteiger partial charge in [-0.1, -0.05) is 12.1 Å². The first-order valence-electron chi connectivity index (χ1n) is 5.97. The van der Waals surface area contributed by atoms with Crippen LogP contribution >= 0.6 is 11.8 Å². The van der Waals surface area contributed by atoms with E-state index in [1.54, 1.807) is 37.0 Å². The molecule has 20 heavy (non-hydrogen) atoms. The summed E-state index contributed by atoms with van der Waals surface area (Å²) in [6, 6.07) is 11.9. The Labute approximate surface area is 120 Å². The number of hydrogen-bond donors (Lipinski definition) is 2. The van der Waals surface area contributed by atoms with Gasteiger partial charge in [0.05, 0.1) is 4.92 Å². The van der Waals surface area contributed by atoms with Gasteiger partial charge in [0.15, 0.2) is 0 Å². The van der Waals surface area contributed by atoms with Crippen molar-refractivity contribution < 1.29 is 10.0 Å². The SMILES string of the molecule is CNc1c(CSc2ccc(O)cc2)cccc1[N+](=O)[O-]. The lowest BCUT2D eigenvalue weighted by Gasteiger charge is -2.09. The van der Waals surface area contributed by atoms with Crippen LogP contribution in [0, 0.1) is 10.1 Å². The molecule has 0 aliphatic heterocycles. The Morgan fingerprint density at radius 2 is 1.95 bits per heavy atom. The monoisotopic (exact) mass is 290 g/mol. The number of benzene rings is 2. The molecule has 0 saturated carbocycles. The molecule has 0 amide bonds. The smallest absolute Gasteiger partial charge is 0.292 e. The van der Waals surface area contributed by atoms with Crippen molar-refractivity contribution in [2.45, 2.75) is 10.6 Å². The number of anilines is 1. The molecule has 0 atom stereocenters. The largest absolute Gasteiger partial charge is 0.508 e. The molecule has 0 radical (unpaired) electrons. The van der Waals surface area contributed by atoms with E-state index in [1.165, 1.54) is 6.07 Å². The van der Waals surface area contributed by atoms with E-state index >= 15 is 0 Å². The third-order valence-electron chi connectivity index (χ3n) is 2.81. The minimum Gasteiger partial charge on any atom is -0.508 e. The first-order valence-corrected chi connectivity index (χ1v) is 6.96. The van der Waals surface area contributed by atoms with Gasteiger partial charge in [-0.15, -0.1) is 11.8 Å². The van der Waals surface area contributed by atoms with Crippen LogP contribution in [0.1, 0.15) is 5.56 Å². The highest BCUT2D eigenvalue weighted by molar-refractivity contribution is 7.98. The fourth-order valence-electron chi connectivity index (χ4n) is 1.85. The molecule has 0 aromatic heterocycles. The number of nitrogens with one attached hydrogen (secondary N) is 1. The van der Waals surface area contributed by atoms with Crippen LogP contribution in [0.4, 0.5) is 11.4 Å². The minimum absolute atomic E-state index is 0.0799. The fourth-order valence-corrected chi connectivity index (χ4v) is 2.74. The van der Waals surface area contributed by atoms with Crippen molar-refractivity contribution >= 4 is 23.1 Å². The number of nitro groups is 1. The molecule has 0 spiro atoms. The predicted octanol–water partition coefficient (Wildman–Crippen LogP) is 3.63. The van der Waals surface area contributed by atoms with E-state index < -0.39 is 0 Å². The van der Waals surface area contributed by atoms with Crippen LogP contribution in [0.2, 0.25) is 0 Å². The molecule has 0 unspecified atom stereocenters. The van der Waals surface area contributed by atoms with Crippen molar-refractivity contribution in [2.75, 3.05) is 12.4 Å². The summed E-state index contributed by atoms with van der Waals surface area (Å²) in [6.07, 6.45) is 0. The van der Waals surface area contributed by atoms with E-state index in [2.05, 4.69) is 5.32 Å². The van der Waals surface area contributed by atoms with E-state index in [9.17, 15) is 15.2 Å². The number of nitrogens with zero attached hydrogens (tertiary/aromatic N) is 1. The lowest BCUT2D eigenvalue weighted by atomic mass is 10.1. The van der Waals surface area contributed by atoms with E-state index in [0.717, 1.165) is 10.5 Å². The molecule has 0 aliphatic rings. The lowest BCUT2D eigenvalue weighted by molar-refractivity contribution is -0.384. The van der Waals surface area contributed by atoms with E-state index in [0.29, 0.717) is 11.4 Å². The lowest BCUT2D eigenvalue weighted by Crippen LogP contribution is -2.00. The number of rotatable bonds is 5. The quantitative estimate of drug-likeness (QED) is 0.499. The van der Waals surface area contributed by atoms with Crippen molar-refractivity contribution in [2.24, 2.45) is 0 Å². The molecule has 0 bridgehead atoms. The van der Waals surface area contributed by atoms with Gasteiger partial charge in [0.2, 0.25) is 0 Å². The molecule has 0 heterocycles. The Morgan fingerprint density at radius 1 is 1.25 bits per heavy atom. The Bertz CT molecular complexity index is 614. The van der Waals surface area contributed by atoms with Gasteiger partial charge in [-0.2, -0.15) is 0 Å². The predicted molar refractivity (Wildman–Crippen MR) is 80.3 cm³/mol. The molecule has 0 fully saturated rings. The van der Waals surface area contributed by atoms with Crippen LogP contribution in [-0.4, -0.2) is 17.1 Å². The number of phenols is 1. The number of thioether (sulfide) groups is 1. The maximum atomic E-state index is 11.0. The molecule has 2 aromatic carbocycles. The zero-order valence-electron chi connectivity index (χ0n) is 10.9. The maximum Gasteiger partial charge on any atom is 0.292 e. The third kappa shape index (κ3) is 3.21. The highest BCUT2D eigenvalue weighted by Gasteiger charge is 2.15. The van der Waals surface area contributed by atoms with Crippen molar-refractivity contribution in [3.63, 3.8) is 0 Å². The Kier molecular flexibility index (Phi) is 4.47. The molecular weight excluding hydrogens is 276 g/mol. The summed E-state index contributed by atoms with van der Waals surface area (Å²) in [7, 11) is 1.68. The molecular formula is C14H14N2O3S. The molecule has 2 rings (SSSR count). The zero-order chi connectivity index (χ0) is 14.5. The van der Waals surface area contributed by atoms with Crippen LogP contribution in [0.15, 0.2) is 47.4 Å². The maximum absolute atomic E-state index is 11.0. The molecule has 0 saturated heterocycles. The number of para-hydroxylation sites is 1. The van der Waals surface area contributed by atoms with Crippen molar-refractivity contribution in [3.8, 4) is 5.75 Å². The van der Waals surface area contributed by atoms with Gasteiger partial charge in [-0.05, 0) is 29.8 Å². The second kappa shape index (κ2) is 6.29. The fraction of sp³-hybridized carbons (Fsp3) is 0.143. The standard InChI is InChI=1S/C14H14N2O3S/c1-15-14-10(3-2-4-13(14)16(18)19)9-20-12-7-5-11(17)6-8-12/h2-8,15,17H,9H2,1H3. The molecule has 2 aromatic rings. The molecule has 6 heteroatoms. The van der Waals surface area contributed by atoms with Crippen molar-refractivity contribution in [1.82, 2.24) is 0 Å². The van der Waals surface area contributed by atoms with Gasteiger partial charge in [-0.25, -0.2) is 0 Å². The van der Waals surface area contributed by atoms with Crippen molar-refractivity contribution in [1.29, 1.82) is 0 Å². The first kappa shape index (κ1) is 14.2. The molecule has 2 N–H and O–H groups in total. The molecule has 5 nitrogen and oxygen atoms in total. The van der Waals surface area contributed by atoms with Gasteiger partial charge in [0, 0.05) is 23.8 Å². The van der Waals surface area contributed by atoms with Crippen LogP contribution in [0.25, 0.3) is 0 Å². The summed E-state index contributed by atoms with van der Waals surface area (Å²) in [5.41, 5.74) is 1.50. The van der Waals surface area contributed by atoms with Crippen LogP contribution in [-0.2, 0) is 5.75 Å². The van der Waals surface area contributed by atoms with Crippen molar-refractivity contribution in [3.05, 3.63) is 58.1 Å². The summed E-state index contributed by atoms with van der Waals surface area (Å²) >= 11 is 1.56. The van der Waals surface area contributed by atoms with E-state index in [-0.39, 0.29) is 16.4 Å². The summed E-state index contributed by atoms with van der Waals surface area (Å²) < 4.78 is 0. The molecule has 0 aliphatic carbocycles. The highest BCUT2D eigenvalue weighted by atomic mass is 32.2. The minimum atomic E-state index is -0.388. The van der Waals surface area contributed by atoms with E-state index in [4.69, 9.17) is 0 Å². The van der Waals surface area contributed by atoms with E-state index in [1.807, 2.05) is 18.2 Å². The highest BCUT2D eigenvalue weighted by Crippen LogP contribution is 2.32. The zero-order valence-corrected chi connectivity index (χ0v) is 11.7. The topological polar surface area (TPSA) is 75.4 Å². The summed E-state index contributed by atoms with van der Waals surface area (Å²) in [5, 5.41) is 23.1. The number of aromatic hydroxyl groups is 1. The van der Waals surface area contributed by atoms with Gasteiger partial charge in [-0.3, -0.25) is 10.1 Å². The first-order chi connectivity index (χ1) is 9.61. The molecule has 104 valence electrons. The van der Waals surface area contributed by atoms with Gasteiger partial charge in [0.25, 0.3) is 5.69 Å². The summed E-state index contributed by atoms with van der Waals surface area (Å²) in [5.74, 6) is 0.837. The summed E-state index contributed by atoms with van der Waals surface area (Å²) in [4.78, 5) is 11.6. The Morgan fingerprint density at radius 3 is 2.55 bits per heavy atom. The van der Waals surface area contributed by atoms with Crippen LogP contribution in [0.5, 0.6) is 5.75 Å². The second-order valence-corrected chi connectivity index (χ2v) is 5.15. The third-order valence-corrected chi connectivity index (χ3v) is 3.87. The van der Waals surface area contributed by atoms with Crippen LogP contribution in [0.3, 0.4) is 0 Å². The Balaban J connectivity index is 2.19. The second-order valence-electron chi connectivity index (χ2n) is 4.10. The number of phenolic OH excluding ortho intramolecular Hbond substituents is 1.